The molecule has 0 heterocycles. The fourth-order valence-corrected chi connectivity index (χ4v) is 1.72. The maximum atomic E-state index is 11.6. The van der Waals surface area contributed by atoms with Gasteiger partial charge in [-0.2, -0.15) is 0 Å². The predicted molar refractivity (Wildman–Crippen MR) is 75.7 cm³/mol. The van der Waals surface area contributed by atoms with Crippen LogP contribution in [0, 0.1) is 0 Å². The Labute approximate surface area is 112 Å². The molecule has 1 unspecified atom stereocenters. The Morgan fingerprint density at radius 2 is 2.00 bits per heavy atom. The summed E-state index contributed by atoms with van der Waals surface area (Å²) in [5.41, 5.74) is 0. The number of nitrogens with one attached hydrogen (secondary N) is 1. The van der Waals surface area contributed by atoms with Gasteiger partial charge in [0.1, 0.15) is 6.10 Å². The summed E-state index contributed by atoms with van der Waals surface area (Å²) in [6.45, 7) is 6.45. The number of carbonyl (C=O) groups is 1. The number of esters is 1. The van der Waals surface area contributed by atoms with Gasteiger partial charge in [0.05, 0.1) is 6.54 Å². The molecule has 4 nitrogen and oxygen atoms in total. The van der Waals surface area contributed by atoms with Crippen LogP contribution in [0.5, 0.6) is 0 Å². The van der Waals surface area contributed by atoms with Gasteiger partial charge in [-0.15, -0.1) is 0 Å². The van der Waals surface area contributed by atoms with E-state index in [1.807, 2.05) is 14.1 Å². The molecule has 0 saturated carbocycles. The molecule has 108 valence electrons. The molecule has 18 heavy (non-hydrogen) atoms. The van der Waals surface area contributed by atoms with Crippen molar-refractivity contribution < 1.29 is 9.53 Å². The Balaban J connectivity index is 3.56. The van der Waals surface area contributed by atoms with E-state index in [1.165, 1.54) is 0 Å². The van der Waals surface area contributed by atoms with Gasteiger partial charge in [0.25, 0.3) is 0 Å². The molecule has 0 aromatic carbocycles. The van der Waals surface area contributed by atoms with Gasteiger partial charge in [-0.05, 0) is 46.4 Å². The molecule has 1 atom stereocenters. The predicted octanol–water partition coefficient (Wildman–Crippen LogP) is 2.04. The van der Waals surface area contributed by atoms with E-state index in [0.29, 0.717) is 6.54 Å². The minimum Gasteiger partial charge on any atom is -0.461 e. The largest absolute Gasteiger partial charge is 0.461 e. The van der Waals surface area contributed by atoms with Crippen LogP contribution in [-0.2, 0) is 9.53 Å². The summed E-state index contributed by atoms with van der Waals surface area (Å²) in [5, 5.41) is 3.12. The highest BCUT2D eigenvalue weighted by atomic mass is 16.5. The number of unbranched alkanes of at least 4 members (excludes halogenated alkanes) is 1. The third-order valence-electron chi connectivity index (χ3n) is 2.86. The SMILES string of the molecule is CCCCC(CC)OC(=O)CNCCCN(C)C. The van der Waals surface area contributed by atoms with Gasteiger partial charge in [-0.1, -0.05) is 26.7 Å². The fraction of sp³-hybridized carbons (Fsp3) is 0.929. The third kappa shape index (κ3) is 10.5. The summed E-state index contributed by atoms with van der Waals surface area (Å²) in [7, 11) is 4.10. The lowest BCUT2D eigenvalue weighted by atomic mass is 10.1. The Morgan fingerprint density at radius 1 is 1.28 bits per heavy atom. The molecule has 0 aromatic rings. The summed E-state index contributed by atoms with van der Waals surface area (Å²) in [4.78, 5) is 13.7. The van der Waals surface area contributed by atoms with Crippen LogP contribution >= 0.6 is 0 Å². The van der Waals surface area contributed by atoms with Crippen LogP contribution in [0.3, 0.4) is 0 Å². The quantitative estimate of drug-likeness (QED) is 0.455. The van der Waals surface area contributed by atoms with Gasteiger partial charge in [0.15, 0.2) is 0 Å². The van der Waals surface area contributed by atoms with Crippen molar-refractivity contribution in [1.29, 1.82) is 0 Å². The topological polar surface area (TPSA) is 41.6 Å². The number of hydrogen-bond acceptors (Lipinski definition) is 4. The summed E-state index contributed by atoms with van der Waals surface area (Å²) >= 11 is 0. The lowest BCUT2D eigenvalue weighted by molar-refractivity contribution is -0.148. The van der Waals surface area contributed by atoms with E-state index >= 15 is 0 Å². The van der Waals surface area contributed by atoms with Gasteiger partial charge >= 0.3 is 5.97 Å². The first-order chi connectivity index (χ1) is 8.60. The van der Waals surface area contributed by atoms with Crippen LogP contribution in [0.15, 0.2) is 0 Å². The minimum absolute atomic E-state index is 0.0982. The van der Waals surface area contributed by atoms with E-state index in [2.05, 4.69) is 24.1 Å². The zero-order chi connectivity index (χ0) is 13.8. The van der Waals surface area contributed by atoms with Crippen molar-refractivity contribution in [2.45, 2.75) is 52.1 Å². The second-order valence-electron chi connectivity index (χ2n) is 5.00. The van der Waals surface area contributed by atoms with E-state index in [1.54, 1.807) is 0 Å². The number of ether oxygens (including phenoxy) is 1. The Kier molecular flexibility index (Phi) is 11.1. The smallest absolute Gasteiger partial charge is 0.320 e. The number of nitrogens with zero attached hydrogens (tertiary/aromatic N) is 1. The Morgan fingerprint density at radius 3 is 2.56 bits per heavy atom. The molecule has 0 fully saturated rings. The molecule has 0 bridgehead atoms. The normalized spacial score (nSPS) is 12.7. The highest BCUT2D eigenvalue weighted by molar-refractivity contribution is 5.71. The maximum Gasteiger partial charge on any atom is 0.320 e. The van der Waals surface area contributed by atoms with Crippen molar-refractivity contribution in [2.75, 3.05) is 33.7 Å². The summed E-state index contributed by atoms with van der Waals surface area (Å²) in [6.07, 6.45) is 5.32. The lowest BCUT2D eigenvalue weighted by Crippen LogP contribution is -2.30. The van der Waals surface area contributed by atoms with Crippen LogP contribution in [0.4, 0.5) is 0 Å². The maximum absolute atomic E-state index is 11.6. The highest BCUT2D eigenvalue weighted by Gasteiger charge is 2.11. The van der Waals surface area contributed by atoms with Crippen LogP contribution in [0.1, 0.15) is 46.0 Å². The number of rotatable bonds is 11. The van der Waals surface area contributed by atoms with E-state index in [4.69, 9.17) is 4.74 Å². The molecule has 0 aliphatic rings. The van der Waals surface area contributed by atoms with Gasteiger partial charge in [-0.3, -0.25) is 4.79 Å². The third-order valence-corrected chi connectivity index (χ3v) is 2.86. The van der Waals surface area contributed by atoms with Crippen LogP contribution < -0.4 is 5.32 Å². The van der Waals surface area contributed by atoms with Crippen LogP contribution in [0.2, 0.25) is 0 Å². The van der Waals surface area contributed by atoms with Crippen LogP contribution in [-0.4, -0.2) is 50.7 Å². The Bertz CT molecular complexity index is 208. The van der Waals surface area contributed by atoms with Crippen molar-refractivity contribution >= 4 is 5.97 Å². The first kappa shape index (κ1) is 17.4. The molecule has 0 aliphatic heterocycles. The molecular weight excluding hydrogens is 228 g/mol. The number of carbonyl (C=O) groups excluding carboxylic acids is 1. The minimum atomic E-state index is -0.122. The van der Waals surface area contributed by atoms with Gasteiger partial charge < -0.3 is 15.0 Å². The average Bonchev–Trinajstić information content (AvgIpc) is 2.33. The van der Waals surface area contributed by atoms with E-state index in [0.717, 1.165) is 45.2 Å². The van der Waals surface area contributed by atoms with E-state index in [-0.39, 0.29) is 12.1 Å². The molecule has 0 spiro atoms. The summed E-state index contributed by atoms with van der Waals surface area (Å²) in [6, 6.07) is 0. The van der Waals surface area contributed by atoms with Crippen molar-refractivity contribution in [3.05, 3.63) is 0 Å². The molecule has 0 amide bonds. The molecule has 0 aliphatic carbocycles. The molecule has 1 N–H and O–H groups in total. The first-order valence-electron chi connectivity index (χ1n) is 7.15. The van der Waals surface area contributed by atoms with Gasteiger partial charge in [0.2, 0.25) is 0 Å². The molecular formula is C14H30N2O2. The zero-order valence-electron chi connectivity index (χ0n) is 12.5. The van der Waals surface area contributed by atoms with Crippen molar-refractivity contribution in [1.82, 2.24) is 10.2 Å². The zero-order valence-corrected chi connectivity index (χ0v) is 12.5. The number of hydrogen-bond donors (Lipinski definition) is 1. The second-order valence-corrected chi connectivity index (χ2v) is 5.00. The Hall–Kier alpha value is -0.610. The molecule has 0 aromatic heterocycles. The average molecular weight is 258 g/mol. The van der Waals surface area contributed by atoms with Crippen molar-refractivity contribution in [3.63, 3.8) is 0 Å². The van der Waals surface area contributed by atoms with E-state index in [9.17, 15) is 4.79 Å². The molecule has 0 saturated heterocycles. The summed E-state index contributed by atoms with van der Waals surface area (Å²) in [5.74, 6) is -0.122. The fourth-order valence-electron chi connectivity index (χ4n) is 1.72. The monoisotopic (exact) mass is 258 g/mol. The van der Waals surface area contributed by atoms with Gasteiger partial charge in [-0.25, -0.2) is 0 Å². The summed E-state index contributed by atoms with van der Waals surface area (Å²) < 4.78 is 5.42. The van der Waals surface area contributed by atoms with Gasteiger partial charge in [0, 0.05) is 0 Å². The molecule has 4 heteroatoms. The first-order valence-corrected chi connectivity index (χ1v) is 7.15. The van der Waals surface area contributed by atoms with Crippen molar-refractivity contribution in [2.24, 2.45) is 0 Å². The second kappa shape index (κ2) is 11.5. The molecule has 0 radical (unpaired) electrons. The highest BCUT2D eigenvalue weighted by Crippen LogP contribution is 2.08. The standard InChI is InChI=1S/C14H30N2O2/c1-5-7-9-13(6-2)18-14(17)12-15-10-8-11-16(3)4/h13,15H,5-12H2,1-4H3. The van der Waals surface area contributed by atoms with Crippen molar-refractivity contribution in [3.8, 4) is 0 Å². The van der Waals surface area contributed by atoms with Crippen LogP contribution in [0.25, 0.3) is 0 Å². The van der Waals surface area contributed by atoms with E-state index < -0.39 is 0 Å². The molecule has 0 rings (SSSR count). The lowest BCUT2D eigenvalue weighted by Gasteiger charge is -2.16.